The van der Waals surface area contributed by atoms with Crippen molar-refractivity contribution in [3.63, 3.8) is 0 Å². The Morgan fingerprint density at radius 3 is 2.58 bits per heavy atom. The second kappa shape index (κ2) is 11.1. The molecular formula is C26H33N11O. The predicted molar refractivity (Wildman–Crippen MR) is 146 cm³/mol. The van der Waals surface area contributed by atoms with E-state index in [1.807, 2.05) is 14.0 Å². The second-order valence-electron chi connectivity index (χ2n) is 9.76. The maximum Gasteiger partial charge on any atom is 0.252 e. The summed E-state index contributed by atoms with van der Waals surface area (Å²) in [7, 11) is 1.81. The first-order valence-electron chi connectivity index (χ1n) is 12.9. The number of rotatable bonds is 8. The molecule has 1 aliphatic rings. The van der Waals surface area contributed by atoms with E-state index in [1.54, 1.807) is 35.5 Å². The molecule has 0 radical (unpaired) electrons. The third-order valence-electron chi connectivity index (χ3n) is 7.03. The average Bonchev–Trinajstić information content (AvgIpc) is 3.22. The number of nitrogens with zero attached hydrogens (tertiary/aromatic N) is 8. The lowest BCUT2D eigenvalue weighted by atomic mass is 9.98. The molecule has 2 atom stereocenters. The molecule has 5 heterocycles. The van der Waals surface area contributed by atoms with Gasteiger partial charge < -0.3 is 16.0 Å². The molecule has 0 bridgehead atoms. The van der Waals surface area contributed by atoms with Gasteiger partial charge in [0.2, 0.25) is 5.95 Å². The van der Waals surface area contributed by atoms with E-state index < -0.39 is 0 Å². The van der Waals surface area contributed by atoms with Crippen molar-refractivity contribution in [1.29, 1.82) is 0 Å². The number of carbonyl (C=O) groups excluding carboxylic acids is 1. The molecule has 1 fully saturated rings. The number of carbonyl (C=O) groups is 1. The number of aryl methyl sites for hydroxylation is 2. The number of nitrogens with one attached hydrogen (secondary N) is 3. The SMILES string of the molecule is Cc1ncc(C(=O)NCCN2[C@H](C)CCC[C@@H]2C)cc1Nc1nn(C)c2nc(Nc3cncnc3)ncc12. The maximum absolute atomic E-state index is 12.9. The summed E-state index contributed by atoms with van der Waals surface area (Å²) < 4.78 is 1.67. The largest absolute Gasteiger partial charge is 0.351 e. The Bertz CT molecular complexity index is 1410. The lowest BCUT2D eigenvalue weighted by molar-refractivity contribution is 0.0889. The van der Waals surface area contributed by atoms with Crippen LogP contribution in [-0.2, 0) is 7.05 Å². The molecule has 12 heteroatoms. The van der Waals surface area contributed by atoms with Gasteiger partial charge in [-0.1, -0.05) is 6.42 Å². The number of aromatic nitrogens is 7. The molecule has 0 aliphatic carbocycles. The fourth-order valence-corrected chi connectivity index (χ4v) is 4.91. The molecule has 198 valence electrons. The number of amides is 1. The topological polar surface area (TPSA) is 139 Å². The highest BCUT2D eigenvalue weighted by molar-refractivity contribution is 5.96. The van der Waals surface area contributed by atoms with Gasteiger partial charge in [-0.15, -0.1) is 0 Å². The molecule has 0 aromatic carbocycles. The number of pyridine rings is 1. The van der Waals surface area contributed by atoms with Crippen molar-refractivity contribution < 1.29 is 4.79 Å². The predicted octanol–water partition coefficient (Wildman–Crippen LogP) is 3.34. The Hall–Kier alpha value is -4.19. The number of hydrogen-bond donors (Lipinski definition) is 3. The molecule has 4 aromatic rings. The normalized spacial score (nSPS) is 17.9. The van der Waals surface area contributed by atoms with Gasteiger partial charge in [0.05, 0.1) is 40.4 Å². The first-order valence-corrected chi connectivity index (χ1v) is 12.9. The molecule has 12 nitrogen and oxygen atoms in total. The van der Waals surface area contributed by atoms with Crippen LogP contribution >= 0.6 is 0 Å². The Labute approximate surface area is 221 Å². The van der Waals surface area contributed by atoms with E-state index in [-0.39, 0.29) is 5.91 Å². The zero-order chi connectivity index (χ0) is 26.6. The third kappa shape index (κ3) is 5.54. The van der Waals surface area contributed by atoms with E-state index in [1.165, 1.54) is 25.6 Å². The standard InChI is InChI=1S/C26H33N11O/c1-16-6-5-7-17(2)37(16)9-8-29-25(38)19-10-22(18(3)30-11-19)33-23-21-14-31-26(34-24(21)36(4)35-23)32-20-12-27-15-28-13-20/h10-17H,5-9H2,1-4H3,(H,29,38)(H,33,35)(H,31,32,34)/t16-,17+. The minimum absolute atomic E-state index is 0.146. The average molecular weight is 516 g/mol. The molecule has 3 N–H and O–H groups in total. The van der Waals surface area contributed by atoms with Crippen molar-refractivity contribution in [3.05, 3.63) is 48.4 Å². The Balaban J connectivity index is 1.28. The second-order valence-corrected chi connectivity index (χ2v) is 9.76. The van der Waals surface area contributed by atoms with Gasteiger partial charge in [-0.2, -0.15) is 10.1 Å². The molecule has 0 unspecified atom stereocenters. The minimum atomic E-state index is -0.146. The highest BCUT2D eigenvalue weighted by Gasteiger charge is 2.24. The van der Waals surface area contributed by atoms with Gasteiger partial charge in [-0.3, -0.25) is 14.7 Å². The van der Waals surface area contributed by atoms with Crippen LogP contribution in [0.25, 0.3) is 11.0 Å². The van der Waals surface area contributed by atoms with E-state index in [4.69, 9.17) is 0 Å². The Morgan fingerprint density at radius 1 is 1.05 bits per heavy atom. The minimum Gasteiger partial charge on any atom is -0.351 e. The lowest BCUT2D eigenvalue weighted by Crippen LogP contribution is -2.47. The van der Waals surface area contributed by atoms with E-state index in [0.717, 1.165) is 17.6 Å². The van der Waals surface area contributed by atoms with Crippen LogP contribution in [0.1, 0.15) is 49.2 Å². The van der Waals surface area contributed by atoms with Crippen molar-refractivity contribution in [1.82, 2.24) is 44.9 Å². The number of piperidine rings is 1. The van der Waals surface area contributed by atoms with Crippen LogP contribution in [0.3, 0.4) is 0 Å². The van der Waals surface area contributed by atoms with Gasteiger partial charge in [0, 0.05) is 44.6 Å². The fraction of sp³-hybridized carbons (Fsp3) is 0.423. The smallest absolute Gasteiger partial charge is 0.252 e. The van der Waals surface area contributed by atoms with Crippen LogP contribution in [0.5, 0.6) is 0 Å². The summed E-state index contributed by atoms with van der Waals surface area (Å²) >= 11 is 0. The summed E-state index contributed by atoms with van der Waals surface area (Å²) in [4.78, 5) is 36.8. The molecule has 1 saturated heterocycles. The van der Waals surface area contributed by atoms with Crippen molar-refractivity contribution >= 4 is 40.1 Å². The monoisotopic (exact) mass is 515 g/mol. The van der Waals surface area contributed by atoms with E-state index >= 15 is 0 Å². The summed E-state index contributed by atoms with van der Waals surface area (Å²) in [5.74, 6) is 0.840. The molecule has 0 spiro atoms. The van der Waals surface area contributed by atoms with Gasteiger partial charge >= 0.3 is 0 Å². The molecule has 1 amide bonds. The van der Waals surface area contributed by atoms with Crippen LogP contribution in [0.15, 0.2) is 37.2 Å². The highest BCUT2D eigenvalue weighted by Crippen LogP contribution is 2.27. The summed E-state index contributed by atoms with van der Waals surface area (Å²) in [5, 5.41) is 14.8. The Morgan fingerprint density at radius 2 is 1.82 bits per heavy atom. The van der Waals surface area contributed by atoms with E-state index in [9.17, 15) is 4.79 Å². The number of fused-ring (bicyclic) bond motifs is 1. The first-order chi connectivity index (χ1) is 18.4. The van der Waals surface area contributed by atoms with Gasteiger partial charge in [0.15, 0.2) is 11.5 Å². The van der Waals surface area contributed by atoms with Gasteiger partial charge in [-0.05, 0) is 39.7 Å². The first kappa shape index (κ1) is 25.5. The highest BCUT2D eigenvalue weighted by atomic mass is 16.1. The third-order valence-corrected chi connectivity index (χ3v) is 7.03. The maximum atomic E-state index is 12.9. The van der Waals surface area contributed by atoms with E-state index in [0.29, 0.717) is 53.0 Å². The molecule has 4 aromatic heterocycles. The number of hydrogen-bond acceptors (Lipinski definition) is 10. The van der Waals surface area contributed by atoms with Crippen molar-refractivity contribution in [3.8, 4) is 0 Å². The van der Waals surface area contributed by atoms with Crippen molar-refractivity contribution in [2.24, 2.45) is 7.05 Å². The fourth-order valence-electron chi connectivity index (χ4n) is 4.91. The van der Waals surface area contributed by atoms with Crippen LogP contribution in [0.2, 0.25) is 0 Å². The van der Waals surface area contributed by atoms with Gasteiger partial charge in [0.25, 0.3) is 5.91 Å². The van der Waals surface area contributed by atoms with Crippen molar-refractivity contribution in [2.75, 3.05) is 23.7 Å². The molecule has 1 aliphatic heterocycles. The zero-order valence-corrected chi connectivity index (χ0v) is 22.1. The van der Waals surface area contributed by atoms with Crippen LogP contribution < -0.4 is 16.0 Å². The van der Waals surface area contributed by atoms with E-state index in [2.05, 4.69) is 64.7 Å². The summed E-state index contributed by atoms with van der Waals surface area (Å²) in [5.41, 5.74) is 3.26. The number of likely N-dealkylation sites (tertiary alicyclic amines) is 1. The van der Waals surface area contributed by atoms with Crippen molar-refractivity contribution in [2.45, 2.75) is 52.1 Å². The Kier molecular flexibility index (Phi) is 7.40. The lowest BCUT2D eigenvalue weighted by Gasteiger charge is -2.39. The summed E-state index contributed by atoms with van der Waals surface area (Å²) in [6, 6.07) is 2.89. The van der Waals surface area contributed by atoms with Crippen LogP contribution in [0.4, 0.5) is 23.1 Å². The quantitative estimate of drug-likeness (QED) is 0.320. The van der Waals surface area contributed by atoms with Gasteiger partial charge in [0.1, 0.15) is 6.33 Å². The summed E-state index contributed by atoms with van der Waals surface area (Å²) in [6.45, 7) is 7.85. The van der Waals surface area contributed by atoms with Gasteiger partial charge in [-0.25, -0.2) is 19.6 Å². The molecule has 0 saturated carbocycles. The number of anilines is 4. The van der Waals surface area contributed by atoms with Crippen LogP contribution in [-0.4, -0.2) is 70.7 Å². The molecule has 5 rings (SSSR count). The molecule has 38 heavy (non-hydrogen) atoms. The molecular weight excluding hydrogens is 482 g/mol. The summed E-state index contributed by atoms with van der Waals surface area (Å²) in [6.07, 6.45) is 11.7. The zero-order valence-electron chi connectivity index (χ0n) is 22.1. The van der Waals surface area contributed by atoms with Crippen LogP contribution in [0, 0.1) is 6.92 Å².